The van der Waals surface area contributed by atoms with Gasteiger partial charge in [-0.25, -0.2) is 0 Å². The summed E-state index contributed by atoms with van der Waals surface area (Å²) in [6.07, 6.45) is 1.73. The molecule has 0 spiro atoms. The predicted octanol–water partition coefficient (Wildman–Crippen LogP) is 4.22. The lowest BCUT2D eigenvalue weighted by molar-refractivity contribution is -0.120. The summed E-state index contributed by atoms with van der Waals surface area (Å²) in [5, 5.41) is 7.17. The smallest absolute Gasteiger partial charge is 0.324 e. The molecule has 0 unspecified atom stereocenters. The highest BCUT2D eigenvalue weighted by Gasteiger charge is 2.29. The Hall–Kier alpha value is -3.35. The van der Waals surface area contributed by atoms with Crippen LogP contribution in [-0.4, -0.2) is 36.2 Å². The molecule has 1 atom stereocenters. The summed E-state index contributed by atoms with van der Waals surface area (Å²) in [6.45, 7) is 5.40. The average Bonchev–Trinajstić information content (AvgIpc) is 3.23. The largest absolute Gasteiger partial charge is 0.497 e. The number of hydrogen-bond donors (Lipinski definition) is 1. The Morgan fingerprint density at radius 1 is 1.17 bits per heavy atom. The zero-order valence-corrected chi connectivity index (χ0v) is 17.5. The Balaban J connectivity index is 1.43. The quantitative estimate of drug-likeness (QED) is 0.683. The molecule has 30 heavy (non-hydrogen) atoms. The Labute approximate surface area is 176 Å². The SMILES string of the molecule is COc1ccc(-c2noc(N3CCC[C@@H](C(=O)Nc4cc(C)cc(C)c4)C3)n2)cc1. The maximum absolute atomic E-state index is 12.8. The number of piperidine rings is 1. The van der Waals surface area contributed by atoms with Gasteiger partial charge in [0.2, 0.25) is 11.7 Å². The fraction of sp³-hybridized carbons (Fsp3) is 0.348. The molecule has 0 saturated carbocycles. The number of carbonyl (C=O) groups is 1. The van der Waals surface area contributed by atoms with Gasteiger partial charge in [0.15, 0.2) is 0 Å². The van der Waals surface area contributed by atoms with Gasteiger partial charge < -0.3 is 19.5 Å². The Bertz CT molecular complexity index is 1010. The van der Waals surface area contributed by atoms with Crippen LogP contribution in [-0.2, 0) is 4.79 Å². The number of anilines is 2. The van der Waals surface area contributed by atoms with Crippen molar-refractivity contribution in [3.8, 4) is 17.1 Å². The van der Waals surface area contributed by atoms with Crippen LogP contribution >= 0.6 is 0 Å². The molecule has 1 N–H and O–H groups in total. The van der Waals surface area contributed by atoms with Gasteiger partial charge in [-0.2, -0.15) is 4.98 Å². The topological polar surface area (TPSA) is 80.5 Å². The molecular weight excluding hydrogens is 380 g/mol. The molecule has 7 nitrogen and oxygen atoms in total. The fourth-order valence-corrected chi connectivity index (χ4v) is 3.86. The Morgan fingerprint density at radius 2 is 1.90 bits per heavy atom. The summed E-state index contributed by atoms with van der Waals surface area (Å²) in [5.41, 5.74) is 3.96. The van der Waals surface area contributed by atoms with E-state index in [4.69, 9.17) is 9.26 Å². The van der Waals surface area contributed by atoms with E-state index >= 15 is 0 Å². The molecule has 1 aliphatic heterocycles. The van der Waals surface area contributed by atoms with E-state index < -0.39 is 0 Å². The maximum Gasteiger partial charge on any atom is 0.324 e. The van der Waals surface area contributed by atoms with Crippen LogP contribution in [0.15, 0.2) is 47.0 Å². The van der Waals surface area contributed by atoms with Gasteiger partial charge in [0, 0.05) is 24.3 Å². The van der Waals surface area contributed by atoms with E-state index in [1.807, 2.05) is 55.1 Å². The molecule has 1 fully saturated rings. The van der Waals surface area contributed by atoms with Crippen molar-refractivity contribution in [3.63, 3.8) is 0 Å². The van der Waals surface area contributed by atoms with Crippen molar-refractivity contribution in [2.75, 3.05) is 30.4 Å². The van der Waals surface area contributed by atoms with Gasteiger partial charge in [-0.05, 0) is 74.2 Å². The molecule has 4 rings (SSSR count). The number of rotatable bonds is 5. The molecule has 1 aliphatic rings. The van der Waals surface area contributed by atoms with Gasteiger partial charge in [-0.3, -0.25) is 4.79 Å². The van der Waals surface area contributed by atoms with Gasteiger partial charge >= 0.3 is 6.01 Å². The molecule has 2 aromatic carbocycles. The first kappa shape index (κ1) is 19.9. The van der Waals surface area contributed by atoms with Crippen LogP contribution in [0.3, 0.4) is 0 Å². The summed E-state index contributed by atoms with van der Waals surface area (Å²) >= 11 is 0. The number of amides is 1. The molecule has 0 aliphatic carbocycles. The minimum absolute atomic E-state index is 0.0274. The highest BCUT2D eigenvalue weighted by molar-refractivity contribution is 5.93. The number of aryl methyl sites for hydroxylation is 2. The number of nitrogens with zero attached hydrogens (tertiary/aromatic N) is 3. The molecule has 1 saturated heterocycles. The number of aromatic nitrogens is 2. The lowest BCUT2D eigenvalue weighted by Crippen LogP contribution is -2.41. The molecule has 156 valence electrons. The number of methoxy groups -OCH3 is 1. The lowest BCUT2D eigenvalue weighted by Gasteiger charge is -2.30. The lowest BCUT2D eigenvalue weighted by atomic mass is 9.97. The summed E-state index contributed by atoms with van der Waals surface area (Å²) in [7, 11) is 1.63. The molecule has 1 aromatic heterocycles. The third-order valence-electron chi connectivity index (χ3n) is 5.32. The van der Waals surface area contributed by atoms with Crippen molar-refractivity contribution in [2.24, 2.45) is 5.92 Å². The van der Waals surface area contributed by atoms with E-state index in [-0.39, 0.29) is 11.8 Å². The third kappa shape index (κ3) is 4.45. The third-order valence-corrected chi connectivity index (χ3v) is 5.32. The molecule has 0 radical (unpaired) electrons. The van der Waals surface area contributed by atoms with Crippen molar-refractivity contribution < 1.29 is 14.1 Å². The number of hydrogen-bond acceptors (Lipinski definition) is 6. The van der Waals surface area contributed by atoms with Gasteiger partial charge in [0.1, 0.15) is 5.75 Å². The van der Waals surface area contributed by atoms with Gasteiger partial charge in [-0.1, -0.05) is 11.2 Å². The van der Waals surface area contributed by atoms with Gasteiger partial charge in [0.05, 0.1) is 13.0 Å². The van der Waals surface area contributed by atoms with Gasteiger partial charge in [-0.15, -0.1) is 0 Å². The fourth-order valence-electron chi connectivity index (χ4n) is 3.86. The Morgan fingerprint density at radius 3 is 2.60 bits per heavy atom. The van der Waals surface area contributed by atoms with Crippen LogP contribution in [0.5, 0.6) is 5.75 Å². The van der Waals surface area contributed by atoms with Crippen molar-refractivity contribution >= 4 is 17.6 Å². The molecule has 2 heterocycles. The average molecular weight is 406 g/mol. The molecule has 3 aromatic rings. The van der Waals surface area contributed by atoms with E-state index in [2.05, 4.69) is 21.5 Å². The van der Waals surface area contributed by atoms with Crippen molar-refractivity contribution in [2.45, 2.75) is 26.7 Å². The maximum atomic E-state index is 12.8. The van der Waals surface area contributed by atoms with E-state index in [0.717, 1.165) is 47.5 Å². The summed E-state index contributed by atoms with van der Waals surface area (Å²) in [6, 6.07) is 14.0. The Kier molecular flexibility index (Phi) is 5.70. The predicted molar refractivity (Wildman–Crippen MR) is 116 cm³/mol. The van der Waals surface area contributed by atoms with Crippen LogP contribution in [0.2, 0.25) is 0 Å². The first-order valence-corrected chi connectivity index (χ1v) is 10.1. The molecule has 0 bridgehead atoms. The van der Waals surface area contributed by atoms with Crippen molar-refractivity contribution in [1.29, 1.82) is 0 Å². The summed E-state index contributed by atoms with van der Waals surface area (Å²) in [5.74, 6) is 1.20. The van der Waals surface area contributed by atoms with Crippen LogP contribution in [0.1, 0.15) is 24.0 Å². The number of benzene rings is 2. The van der Waals surface area contributed by atoms with Gasteiger partial charge in [0.25, 0.3) is 0 Å². The second-order valence-electron chi connectivity index (χ2n) is 7.78. The highest BCUT2D eigenvalue weighted by atomic mass is 16.5. The monoisotopic (exact) mass is 406 g/mol. The van der Waals surface area contributed by atoms with E-state index in [0.29, 0.717) is 18.4 Å². The summed E-state index contributed by atoms with van der Waals surface area (Å²) < 4.78 is 10.7. The zero-order valence-electron chi connectivity index (χ0n) is 17.5. The highest BCUT2D eigenvalue weighted by Crippen LogP contribution is 2.26. The number of nitrogens with one attached hydrogen (secondary N) is 1. The van der Waals surface area contributed by atoms with Crippen molar-refractivity contribution in [3.05, 3.63) is 53.6 Å². The van der Waals surface area contributed by atoms with Crippen LogP contribution in [0.4, 0.5) is 11.7 Å². The minimum Gasteiger partial charge on any atom is -0.497 e. The standard InChI is InChI=1S/C23H26N4O3/c1-15-11-16(2)13-19(12-15)24-22(28)18-5-4-10-27(14-18)23-25-21(26-30-23)17-6-8-20(29-3)9-7-17/h6-9,11-13,18H,4-5,10,14H2,1-3H3,(H,24,28)/t18-/m1/s1. The van der Waals surface area contributed by atoms with Crippen LogP contribution < -0.4 is 15.0 Å². The second kappa shape index (κ2) is 8.57. The molecule has 7 heteroatoms. The zero-order chi connectivity index (χ0) is 21.1. The number of carbonyl (C=O) groups excluding carboxylic acids is 1. The molecule has 1 amide bonds. The van der Waals surface area contributed by atoms with E-state index in [1.54, 1.807) is 7.11 Å². The van der Waals surface area contributed by atoms with E-state index in [9.17, 15) is 4.79 Å². The first-order valence-electron chi connectivity index (χ1n) is 10.1. The normalized spacial score (nSPS) is 16.4. The minimum atomic E-state index is -0.129. The number of ether oxygens (including phenoxy) is 1. The van der Waals surface area contributed by atoms with Crippen LogP contribution in [0.25, 0.3) is 11.4 Å². The molecular formula is C23H26N4O3. The second-order valence-corrected chi connectivity index (χ2v) is 7.78. The van der Waals surface area contributed by atoms with Crippen molar-refractivity contribution in [1.82, 2.24) is 10.1 Å². The summed E-state index contributed by atoms with van der Waals surface area (Å²) in [4.78, 5) is 19.4. The van der Waals surface area contributed by atoms with E-state index in [1.165, 1.54) is 0 Å². The first-order chi connectivity index (χ1) is 14.5. The van der Waals surface area contributed by atoms with Crippen LogP contribution in [0, 0.1) is 19.8 Å².